The summed E-state index contributed by atoms with van der Waals surface area (Å²) in [5.74, 6) is 1.08. The Morgan fingerprint density at radius 2 is 2.08 bits per heavy atom. The summed E-state index contributed by atoms with van der Waals surface area (Å²) in [6, 6.07) is 5.23. The van der Waals surface area contributed by atoms with Crippen LogP contribution in [-0.2, 0) is 4.74 Å². The van der Waals surface area contributed by atoms with Crippen molar-refractivity contribution >= 4 is 17.2 Å². The number of phenolic OH excluding ortho intramolecular Hbond substituents is 1. The van der Waals surface area contributed by atoms with Crippen LogP contribution < -0.4 is 15.8 Å². The number of aromatic hydroxyl groups is 1. The van der Waals surface area contributed by atoms with Gasteiger partial charge in [-0.25, -0.2) is 18.9 Å². The van der Waals surface area contributed by atoms with Gasteiger partial charge >= 0.3 is 0 Å². The van der Waals surface area contributed by atoms with Gasteiger partial charge in [0.05, 0.1) is 18.2 Å². The van der Waals surface area contributed by atoms with E-state index in [1.165, 1.54) is 18.5 Å². The van der Waals surface area contributed by atoms with Crippen molar-refractivity contribution in [3.05, 3.63) is 54.0 Å². The molecule has 0 bridgehead atoms. The number of nitrogens with one attached hydrogen (secondary N) is 1. The van der Waals surface area contributed by atoms with E-state index < -0.39 is 11.9 Å². The summed E-state index contributed by atoms with van der Waals surface area (Å²) < 4.78 is 27.4. The zero-order chi connectivity index (χ0) is 25.2. The van der Waals surface area contributed by atoms with E-state index in [1.54, 1.807) is 4.52 Å². The first-order valence-electron chi connectivity index (χ1n) is 11.8. The van der Waals surface area contributed by atoms with Gasteiger partial charge in [0.15, 0.2) is 5.82 Å². The minimum Gasteiger partial charge on any atom is -0.508 e. The van der Waals surface area contributed by atoms with Crippen molar-refractivity contribution in [2.24, 2.45) is 5.92 Å². The molecule has 0 amide bonds. The van der Waals surface area contributed by atoms with Gasteiger partial charge in [-0.2, -0.15) is 10.1 Å². The van der Waals surface area contributed by atoms with Gasteiger partial charge < -0.3 is 25.6 Å². The fourth-order valence-corrected chi connectivity index (χ4v) is 4.33. The molecule has 10 nitrogen and oxygen atoms in total. The second kappa shape index (κ2) is 9.94. The summed E-state index contributed by atoms with van der Waals surface area (Å²) >= 11 is 0. The summed E-state index contributed by atoms with van der Waals surface area (Å²) in [5, 5.41) is 17.8. The van der Waals surface area contributed by atoms with Crippen molar-refractivity contribution in [1.82, 2.24) is 24.6 Å². The molecule has 11 heteroatoms. The molecule has 3 aromatic heterocycles. The molecule has 1 aliphatic heterocycles. The first-order chi connectivity index (χ1) is 17.4. The number of aryl methyl sites for hydroxylation is 1. The minimum atomic E-state index is -0.602. The predicted octanol–water partition coefficient (Wildman–Crippen LogP) is 3.90. The largest absolute Gasteiger partial charge is 0.508 e. The van der Waals surface area contributed by atoms with Crippen molar-refractivity contribution < 1.29 is 19.0 Å². The van der Waals surface area contributed by atoms with E-state index in [4.69, 9.17) is 20.2 Å². The van der Waals surface area contributed by atoms with Crippen LogP contribution in [0.4, 0.5) is 16.0 Å². The molecule has 1 atom stereocenters. The highest BCUT2D eigenvalue weighted by atomic mass is 19.1. The Kier molecular flexibility index (Phi) is 6.55. The van der Waals surface area contributed by atoms with Crippen molar-refractivity contribution in [2.75, 3.05) is 30.9 Å². The Balaban J connectivity index is 1.46. The number of hydrogen-bond acceptors (Lipinski definition) is 9. The lowest BCUT2D eigenvalue weighted by Crippen LogP contribution is -2.22. The van der Waals surface area contributed by atoms with E-state index in [-0.39, 0.29) is 11.6 Å². The first kappa shape index (κ1) is 23.7. The lowest BCUT2D eigenvalue weighted by atomic mass is 10.0. The fraction of sp³-hybridized carbons (Fsp3) is 0.360. The lowest BCUT2D eigenvalue weighted by molar-refractivity contribution is 0.0491. The van der Waals surface area contributed by atoms with Gasteiger partial charge in [0.25, 0.3) is 0 Å². The van der Waals surface area contributed by atoms with E-state index in [0.29, 0.717) is 41.2 Å². The minimum absolute atomic E-state index is 0.141. The number of aromatic nitrogens is 5. The van der Waals surface area contributed by atoms with Crippen LogP contribution in [0.3, 0.4) is 0 Å². The maximum atomic E-state index is 14.0. The highest BCUT2D eigenvalue weighted by molar-refractivity contribution is 5.84. The Morgan fingerprint density at radius 3 is 2.86 bits per heavy atom. The van der Waals surface area contributed by atoms with Crippen LogP contribution in [0.2, 0.25) is 0 Å². The van der Waals surface area contributed by atoms with Crippen LogP contribution in [0, 0.1) is 18.7 Å². The Labute approximate surface area is 207 Å². The maximum Gasteiger partial charge on any atom is 0.242 e. The van der Waals surface area contributed by atoms with Gasteiger partial charge in [0.1, 0.15) is 35.0 Å². The monoisotopic (exact) mass is 493 g/mol. The van der Waals surface area contributed by atoms with Gasteiger partial charge in [0.2, 0.25) is 5.88 Å². The zero-order valence-electron chi connectivity index (χ0n) is 20.1. The average molecular weight is 494 g/mol. The standard InChI is InChI=1S/C25H28FN7O3/c1-14-3-6-33-21(14)25(36-12-16-4-7-35-8-5-16)31-23(32-33)15(2)30-24-20(22(27)28-13-29-24)17-9-18(26)11-19(34)10-17/h3,6,9-11,13,15-16,34H,4-5,7-8,12H2,1-2H3,(H3,27,28,29,30)/t15-/m0/s1. The number of nitrogen functional groups attached to an aromatic ring is 1. The van der Waals surface area contributed by atoms with Crippen LogP contribution >= 0.6 is 0 Å². The highest BCUT2D eigenvalue weighted by Gasteiger charge is 2.21. The quantitative estimate of drug-likeness (QED) is 0.350. The second-order valence-corrected chi connectivity index (χ2v) is 8.98. The van der Waals surface area contributed by atoms with Crippen LogP contribution in [0.25, 0.3) is 16.6 Å². The van der Waals surface area contributed by atoms with Crippen LogP contribution in [0.15, 0.2) is 36.8 Å². The van der Waals surface area contributed by atoms with Gasteiger partial charge in [-0.3, -0.25) is 0 Å². The summed E-state index contributed by atoms with van der Waals surface area (Å²) in [6.45, 7) is 5.92. The molecule has 4 N–H and O–H groups in total. The van der Waals surface area contributed by atoms with Gasteiger partial charge in [0, 0.05) is 25.5 Å². The molecule has 5 rings (SSSR count). The molecule has 188 valence electrons. The Hall–Kier alpha value is -3.99. The van der Waals surface area contributed by atoms with Crippen molar-refractivity contribution in [2.45, 2.75) is 32.7 Å². The third kappa shape index (κ3) is 4.87. The second-order valence-electron chi connectivity index (χ2n) is 8.98. The number of nitrogens with zero attached hydrogens (tertiary/aromatic N) is 5. The summed E-state index contributed by atoms with van der Waals surface area (Å²) in [5.41, 5.74) is 8.67. The molecule has 1 aromatic carbocycles. The number of benzene rings is 1. The average Bonchev–Trinajstić information content (AvgIpc) is 3.23. The number of ether oxygens (including phenoxy) is 2. The molecule has 1 fully saturated rings. The van der Waals surface area contributed by atoms with E-state index >= 15 is 0 Å². The number of hydrogen-bond donors (Lipinski definition) is 3. The lowest BCUT2D eigenvalue weighted by Gasteiger charge is -2.22. The molecular formula is C25H28FN7O3. The zero-order valence-corrected chi connectivity index (χ0v) is 20.1. The van der Waals surface area contributed by atoms with Gasteiger partial charge in [-0.15, -0.1) is 0 Å². The van der Waals surface area contributed by atoms with Crippen molar-refractivity contribution in [1.29, 1.82) is 0 Å². The van der Waals surface area contributed by atoms with Crippen LogP contribution in [0.5, 0.6) is 11.6 Å². The molecule has 0 saturated carbocycles. The number of fused-ring (bicyclic) bond motifs is 1. The molecule has 4 aromatic rings. The summed E-state index contributed by atoms with van der Waals surface area (Å²) in [6.07, 6.45) is 5.10. The molecule has 36 heavy (non-hydrogen) atoms. The summed E-state index contributed by atoms with van der Waals surface area (Å²) in [4.78, 5) is 13.1. The van der Waals surface area contributed by atoms with Crippen LogP contribution in [-0.4, -0.2) is 49.5 Å². The number of anilines is 2. The Morgan fingerprint density at radius 1 is 1.28 bits per heavy atom. The topological polar surface area (TPSA) is 133 Å². The summed E-state index contributed by atoms with van der Waals surface area (Å²) in [7, 11) is 0. The maximum absolute atomic E-state index is 14.0. The molecule has 0 unspecified atom stereocenters. The van der Waals surface area contributed by atoms with Crippen molar-refractivity contribution in [3.8, 4) is 22.8 Å². The van der Waals surface area contributed by atoms with E-state index in [1.807, 2.05) is 26.1 Å². The Bertz CT molecular complexity index is 1370. The molecular weight excluding hydrogens is 465 g/mol. The highest BCUT2D eigenvalue weighted by Crippen LogP contribution is 2.35. The predicted molar refractivity (Wildman–Crippen MR) is 132 cm³/mol. The fourth-order valence-electron chi connectivity index (χ4n) is 4.33. The molecule has 1 saturated heterocycles. The van der Waals surface area contributed by atoms with E-state index in [0.717, 1.165) is 43.2 Å². The number of halogens is 1. The molecule has 0 spiro atoms. The molecule has 4 heterocycles. The van der Waals surface area contributed by atoms with E-state index in [2.05, 4.69) is 20.4 Å². The smallest absolute Gasteiger partial charge is 0.242 e. The third-order valence-electron chi connectivity index (χ3n) is 6.28. The third-order valence-corrected chi connectivity index (χ3v) is 6.28. The number of nitrogens with two attached hydrogens (primary N) is 1. The van der Waals surface area contributed by atoms with E-state index in [9.17, 15) is 9.50 Å². The SMILES string of the molecule is Cc1ccn2nc([C@H](C)Nc3ncnc(N)c3-c3cc(O)cc(F)c3)nc(OCC3CCOCC3)c12. The first-order valence-corrected chi connectivity index (χ1v) is 11.8. The number of rotatable bonds is 7. The normalized spacial score (nSPS) is 15.2. The number of phenols is 1. The molecule has 0 radical (unpaired) electrons. The molecule has 0 aliphatic carbocycles. The van der Waals surface area contributed by atoms with Crippen LogP contribution in [0.1, 0.15) is 37.2 Å². The van der Waals surface area contributed by atoms with Gasteiger partial charge in [-0.05, 0) is 61.9 Å². The van der Waals surface area contributed by atoms with Crippen molar-refractivity contribution in [3.63, 3.8) is 0 Å². The molecule has 1 aliphatic rings. The van der Waals surface area contributed by atoms with Gasteiger partial charge in [-0.1, -0.05) is 0 Å².